The minimum absolute atomic E-state index is 0.00128. The molecule has 0 fully saturated rings. The lowest BCUT2D eigenvalue weighted by Gasteiger charge is -2.19. The zero-order chi connectivity index (χ0) is 23.0. The van der Waals surface area contributed by atoms with Gasteiger partial charge in [0.2, 0.25) is 0 Å². The molecule has 0 aliphatic rings. The van der Waals surface area contributed by atoms with Gasteiger partial charge in [-0.1, -0.05) is 32.9 Å². The van der Waals surface area contributed by atoms with Crippen molar-refractivity contribution in [1.29, 1.82) is 0 Å². The van der Waals surface area contributed by atoms with Crippen LogP contribution in [0.2, 0.25) is 0 Å². The number of ether oxygens (including phenoxy) is 2. The van der Waals surface area contributed by atoms with Crippen molar-refractivity contribution >= 4 is 23.5 Å². The Labute approximate surface area is 178 Å². The molecule has 0 atom stereocenters. The summed E-state index contributed by atoms with van der Waals surface area (Å²) in [6.45, 7) is 5.25. The highest BCUT2D eigenvalue weighted by atomic mass is 16.6. The van der Waals surface area contributed by atoms with Gasteiger partial charge in [-0.15, -0.1) is 0 Å². The molecule has 0 spiro atoms. The molecule has 10 nitrogen and oxygen atoms in total. The van der Waals surface area contributed by atoms with Gasteiger partial charge in [0.15, 0.2) is 13.2 Å². The van der Waals surface area contributed by atoms with Crippen LogP contribution in [0.4, 0.5) is 5.69 Å². The maximum Gasteiger partial charge on any atom is 0.344 e. The number of nitrogens with one attached hydrogen (secondary N) is 2. The van der Waals surface area contributed by atoms with Gasteiger partial charge >= 0.3 is 5.97 Å². The second-order valence-corrected chi connectivity index (χ2v) is 7.53. The average Bonchev–Trinajstić information content (AvgIpc) is 2.74. The second kappa shape index (κ2) is 10.2. The van der Waals surface area contributed by atoms with E-state index in [1.807, 2.05) is 12.1 Å². The largest absolute Gasteiger partial charge is 0.482 e. The van der Waals surface area contributed by atoms with Crippen LogP contribution in [0, 0.1) is 10.1 Å². The number of nitrogens with zero attached hydrogens (tertiary/aromatic N) is 1. The van der Waals surface area contributed by atoms with Gasteiger partial charge in [0.05, 0.1) is 4.92 Å². The molecule has 2 amide bonds. The lowest BCUT2D eigenvalue weighted by Crippen LogP contribution is -2.43. The van der Waals surface area contributed by atoms with E-state index in [1.165, 1.54) is 12.1 Å². The van der Waals surface area contributed by atoms with Crippen molar-refractivity contribution in [2.45, 2.75) is 26.2 Å². The standard InChI is InChI=1S/C21H23N3O7/c1-21(2,3)15-6-10-17(11-7-15)30-13-19(26)31-12-18(25)22-23-20(27)14-4-8-16(9-5-14)24(28)29/h4-11H,12-13H2,1-3H3,(H,22,25)(H,23,27). The molecule has 0 unspecified atom stereocenters. The molecule has 0 saturated heterocycles. The zero-order valence-electron chi connectivity index (χ0n) is 17.3. The van der Waals surface area contributed by atoms with E-state index in [4.69, 9.17) is 9.47 Å². The third-order valence-corrected chi connectivity index (χ3v) is 4.10. The molecule has 2 aromatic rings. The quantitative estimate of drug-likeness (QED) is 0.391. The summed E-state index contributed by atoms with van der Waals surface area (Å²) < 4.78 is 10.1. The average molecular weight is 429 g/mol. The molecule has 2 N–H and O–H groups in total. The molecule has 2 rings (SSSR count). The fraction of sp³-hybridized carbons (Fsp3) is 0.286. The van der Waals surface area contributed by atoms with E-state index in [2.05, 4.69) is 31.6 Å². The number of hydrogen-bond donors (Lipinski definition) is 2. The summed E-state index contributed by atoms with van der Waals surface area (Å²) in [6.07, 6.45) is 0. The Balaban J connectivity index is 1.70. The fourth-order valence-corrected chi connectivity index (χ4v) is 2.35. The highest BCUT2D eigenvalue weighted by Crippen LogP contribution is 2.24. The molecular formula is C21H23N3O7. The van der Waals surface area contributed by atoms with E-state index in [9.17, 15) is 24.5 Å². The molecule has 2 aromatic carbocycles. The van der Waals surface area contributed by atoms with Crippen molar-refractivity contribution in [3.05, 3.63) is 69.8 Å². The highest BCUT2D eigenvalue weighted by Gasteiger charge is 2.14. The lowest BCUT2D eigenvalue weighted by atomic mass is 9.87. The molecule has 0 aliphatic heterocycles. The third kappa shape index (κ3) is 7.42. The van der Waals surface area contributed by atoms with E-state index in [-0.39, 0.29) is 23.3 Å². The number of rotatable bonds is 7. The van der Waals surface area contributed by atoms with Crippen molar-refractivity contribution in [1.82, 2.24) is 10.9 Å². The molecular weight excluding hydrogens is 406 g/mol. The maximum absolute atomic E-state index is 11.9. The Morgan fingerprint density at radius 1 is 0.935 bits per heavy atom. The summed E-state index contributed by atoms with van der Waals surface area (Å²) in [5.74, 6) is -1.71. The van der Waals surface area contributed by atoms with Crippen LogP contribution in [0.3, 0.4) is 0 Å². The first kappa shape index (κ1) is 23.3. The van der Waals surface area contributed by atoms with Crippen molar-refractivity contribution in [2.24, 2.45) is 0 Å². The van der Waals surface area contributed by atoms with Gasteiger partial charge in [-0.05, 0) is 35.2 Å². The summed E-state index contributed by atoms with van der Waals surface area (Å²) in [4.78, 5) is 45.3. The first-order valence-electron chi connectivity index (χ1n) is 9.29. The number of carbonyl (C=O) groups excluding carboxylic acids is 3. The first-order valence-corrected chi connectivity index (χ1v) is 9.29. The van der Waals surface area contributed by atoms with Crippen LogP contribution < -0.4 is 15.6 Å². The molecule has 0 saturated carbocycles. The van der Waals surface area contributed by atoms with Crippen LogP contribution in [0.25, 0.3) is 0 Å². The highest BCUT2D eigenvalue weighted by molar-refractivity contribution is 5.95. The Morgan fingerprint density at radius 3 is 2.10 bits per heavy atom. The van der Waals surface area contributed by atoms with E-state index in [0.29, 0.717) is 5.75 Å². The normalized spacial score (nSPS) is 10.7. The minimum atomic E-state index is -0.766. The second-order valence-electron chi connectivity index (χ2n) is 7.53. The third-order valence-electron chi connectivity index (χ3n) is 4.10. The molecule has 10 heteroatoms. The van der Waals surface area contributed by atoms with Crippen molar-refractivity contribution < 1.29 is 28.8 Å². The molecule has 0 heterocycles. The zero-order valence-corrected chi connectivity index (χ0v) is 17.3. The van der Waals surface area contributed by atoms with Gasteiger partial charge in [-0.2, -0.15) is 0 Å². The predicted octanol–water partition coefficient (Wildman–Crippen LogP) is 2.28. The van der Waals surface area contributed by atoms with Crippen LogP contribution >= 0.6 is 0 Å². The van der Waals surface area contributed by atoms with Crippen LogP contribution in [0.15, 0.2) is 48.5 Å². The number of benzene rings is 2. The number of amides is 2. The van der Waals surface area contributed by atoms with Gasteiger partial charge in [0.1, 0.15) is 5.75 Å². The van der Waals surface area contributed by atoms with Gasteiger partial charge in [0, 0.05) is 17.7 Å². The number of hydrazine groups is 1. The monoisotopic (exact) mass is 429 g/mol. The predicted molar refractivity (Wildman–Crippen MR) is 110 cm³/mol. The van der Waals surface area contributed by atoms with Crippen LogP contribution in [0.5, 0.6) is 5.75 Å². The summed E-state index contributed by atoms with van der Waals surface area (Å²) in [5.41, 5.74) is 5.25. The molecule has 31 heavy (non-hydrogen) atoms. The molecule has 164 valence electrons. The summed E-state index contributed by atoms with van der Waals surface area (Å²) in [7, 11) is 0. The van der Waals surface area contributed by atoms with E-state index < -0.39 is 29.3 Å². The molecule has 0 radical (unpaired) electrons. The number of esters is 1. The minimum Gasteiger partial charge on any atom is -0.482 e. The van der Waals surface area contributed by atoms with Crippen LogP contribution in [-0.4, -0.2) is 35.9 Å². The smallest absolute Gasteiger partial charge is 0.344 e. The van der Waals surface area contributed by atoms with Crippen molar-refractivity contribution in [3.63, 3.8) is 0 Å². The van der Waals surface area contributed by atoms with Crippen molar-refractivity contribution in [2.75, 3.05) is 13.2 Å². The Bertz CT molecular complexity index is 948. The lowest BCUT2D eigenvalue weighted by molar-refractivity contribution is -0.384. The van der Waals surface area contributed by atoms with Gasteiger partial charge in [-0.25, -0.2) is 4.79 Å². The van der Waals surface area contributed by atoms with Crippen LogP contribution in [-0.2, 0) is 19.7 Å². The Morgan fingerprint density at radius 2 is 1.55 bits per heavy atom. The summed E-state index contributed by atoms with van der Waals surface area (Å²) in [6, 6.07) is 12.1. The van der Waals surface area contributed by atoms with Crippen molar-refractivity contribution in [3.8, 4) is 5.75 Å². The maximum atomic E-state index is 11.9. The number of nitro groups is 1. The number of hydrogen-bond acceptors (Lipinski definition) is 7. The molecule has 0 bridgehead atoms. The van der Waals surface area contributed by atoms with Gasteiger partial charge in [0.25, 0.3) is 17.5 Å². The Hall–Kier alpha value is -3.95. The molecule has 0 aromatic heterocycles. The number of carbonyl (C=O) groups is 3. The van der Waals surface area contributed by atoms with E-state index in [0.717, 1.165) is 17.7 Å². The van der Waals surface area contributed by atoms with Crippen LogP contribution in [0.1, 0.15) is 36.7 Å². The summed E-state index contributed by atoms with van der Waals surface area (Å²) in [5, 5.41) is 10.6. The van der Waals surface area contributed by atoms with E-state index >= 15 is 0 Å². The number of non-ortho nitro benzene ring substituents is 1. The topological polar surface area (TPSA) is 137 Å². The SMILES string of the molecule is CC(C)(C)c1ccc(OCC(=O)OCC(=O)NNC(=O)c2ccc([N+](=O)[O-])cc2)cc1. The van der Waals surface area contributed by atoms with Gasteiger partial charge in [-0.3, -0.25) is 30.6 Å². The Kier molecular flexibility index (Phi) is 7.67. The fourth-order valence-electron chi connectivity index (χ4n) is 2.35. The van der Waals surface area contributed by atoms with E-state index in [1.54, 1.807) is 12.1 Å². The first-order chi connectivity index (χ1) is 14.6. The molecule has 0 aliphatic carbocycles. The number of nitro benzene ring substituents is 1. The summed E-state index contributed by atoms with van der Waals surface area (Å²) >= 11 is 0. The van der Waals surface area contributed by atoms with Gasteiger partial charge < -0.3 is 9.47 Å².